The molecule has 2 aromatic carbocycles. The third kappa shape index (κ3) is 3.10. The minimum Gasteiger partial charge on any atom is -0.478 e. The van der Waals surface area contributed by atoms with E-state index in [1.165, 1.54) is 0 Å². The van der Waals surface area contributed by atoms with Gasteiger partial charge in [0.25, 0.3) is 0 Å². The van der Waals surface area contributed by atoms with Crippen molar-refractivity contribution in [1.29, 1.82) is 0 Å². The number of ketones is 1. The first-order valence-corrected chi connectivity index (χ1v) is 9.78. The maximum atomic E-state index is 13.1. The molecule has 2 aliphatic rings. The van der Waals surface area contributed by atoms with Gasteiger partial charge in [-0.15, -0.1) is 0 Å². The Morgan fingerprint density at radius 2 is 1.80 bits per heavy atom. The SMILES string of the molecule is O=C(O)c1ccccc1-c1ccc(CC(=O)C2(c3ccc4c(c3)OCO4)CC2)nc1. The van der Waals surface area contributed by atoms with Crippen LogP contribution in [0.15, 0.2) is 60.8 Å². The number of aromatic carboxylic acids is 1. The highest BCUT2D eigenvalue weighted by molar-refractivity contribution is 5.96. The van der Waals surface area contributed by atoms with E-state index in [-0.39, 0.29) is 24.6 Å². The number of carbonyl (C=O) groups excluding carboxylic acids is 1. The number of pyridine rings is 1. The fraction of sp³-hybridized carbons (Fsp3) is 0.208. The molecule has 0 spiro atoms. The van der Waals surface area contributed by atoms with Gasteiger partial charge in [0, 0.05) is 23.9 Å². The monoisotopic (exact) mass is 401 g/mol. The van der Waals surface area contributed by atoms with E-state index >= 15 is 0 Å². The van der Waals surface area contributed by atoms with E-state index in [0.717, 1.165) is 18.4 Å². The number of rotatable bonds is 6. The summed E-state index contributed by atoms with van der Waals surface area (Å²) in [7, 11) is 0. The van der Waals surface area contributed by atoms with Crippen molar-refractivity contribution in [2.45, 2.75) is 24.7 Å². The maximum Gasteiger partial charge on any atom is 0.336 e. The van der Waals surface area contributed by atoms with E-state index in [0.29, 0.717) is 28.3 Å². The molecule has 3 aromatic rings. The van der Waals surface area contributed by atoms with Crippen molar-refractivity contribution in [2.24, 2.45) is 0 Å². The van der Waals surface area contributed by atoms with Crippen molar-refractivity contribution in [2.75, 3.05) is 6.79 Å². The van der Waals surface area contributed by atoms with Crippen LogP contribution in [0.5, 0.6) is 11.5 Å². The number of nitrogens with zero attached hydrogens (tertiary/aromatic N) is 1. The van der Waals surface area contributed by atoms with Gasteiger partial charge in [0.1, 0.15) is 5.78 Å². The number of benzene rings is 2. The Bertz CT molecular complexity index is 1150. The van der Waals surface area contributed by atoms with E-state index in [9.17, 15) is 14.7 Å². The summed E-state index contributed by atoms with van der Waals surface area (Å²) in [6, 6.07) is 16.1. The van der Waals surface area contributed by atoms with Crippen molar-refractivity contribution < 1.29 is 24.2 Å². The summed E-state index contributed by atoms with van der Waals surface area (Å²) in [6.07, 6.45) is 3.49. The Hall–Kier alpha value is -3.67. The second kappa shape index (κ2) is 6.99. The summed E-state index contributed by atoms with van der Waals surface area (Å²) in [5, 5.41) is 9.38. The Morgan fingerprint density at radius 1 is 1.00 bits per heavy atom. The smallest absolute Gasteiger partial charge is 0.336 e. The lowest BCUT2D eigenvalue weighted by atomic mass is 9.88. The fourth-order valence-electron chi connectivity index (χ4n) is 3.99. The highest BCUT2D eigenvalue weighted by Crippen LogP contribution is 2.51. The highest BCUT2D eigenvalue weighted by Gasteiger charge is 2.50. The number of ether oxygens (including phenoxy) is 2. The van der Waals surface area contributed by atoms with Crippen LogP contribution in [0.1, 0.15) is 34.5 Å². The number of Topliss-reactive ketones (excluding diaryl/α,β-unsaturated/α-hetero) is 1. The Labute approximate surface area is 173 Å². The minimum absolute atomic E-state index is 0.132. The van der Waals surface area contributed by atoms with Gasteiger partial charge in [-0.3, -0.25) is 9.78 Å². The summed E-state index contributed by atoms with van der Waals surface area (Å²) in [5.41, 5.74) is 2.70. The quantitative estimate of drug-likeness (QED) is 0.672. The van der Waals surface area contributed by atoms with Crippen molar-refractivity contribution >= 4 is 11.8 Å². The van der Waals surface area contributed by atoms with E-state index in [1.807, 2.05) is 24.3 Å². The molecule has 5 rings (SSSR count). The van der Waals surface area contributed by atoms with Gasteiger partial charge >= 0.3 is 5.97 Å². The first-order valence-electron chi connectivity index (χ1n) is 9.78. The molecule has 1 fully saturated rings. The van der Waals surface area contributed by atoms with Crippen molar-refractivity contribution in [3.63, 3.8) is 0 Å². The second-order valence-electron chi connectivity index (χ2n) is 7.64. The van der Waals surface area contributed by atoms with Crippen molar-refractivity contribution in [3.05, 3.63) is 77.6 Å². The number of aromatic nitrogens is 1. The number of carboxylic acid groups (broad SMARTS) is 1. The molecular weight excluding hydrogens is 382 g/mol. The van der Waals surface area contributed by atoms with E-state index in [2.05, 4.69) is 4.98 Å². The van der Waals surface area contributed by atoms with E-state index in [1.54, 1.807) is 36.5 Å². The van der Waals surface area contributed by atoms with Crippen molar-refractivity contribution in [3.8, 4) is 22.6 Å². The van der Waals surface area contributed by atoms with E-state index < -0.39 is 11.4 Å². The number of hydrogen-bond acceptors (Lipinski definition) is 5. The molecule has 0 radical (unpaired) electrons. The number of hydrogen-bond donors (Lipinski definition) is 1. The number of carboxylic acids is 1. The molecule has 1 N–H and O–H groups in total. The van der Waals surface area contributed by atoms with Gasteiger partial charge in [-0.2, -0.15) is 0 Å². The average molecular weight is 401 g/mol. The highest BCUT2D eigenvalue weighted by atomic mass is 16.7. The molecular formula is C24H19NO5. The molecule has 150 valence electrons. The summed E-state index contributed by atoms with van der Waals surface area (Å²) in [4.78, 5) is 29.0. The fourth-order valence-corrected chi connectivity index (χ4v) is 3.99. The molecule has 1 saturated carbocycles. The standard InChI is InChI=1S/C24H19NO5/c26-22(24(9-10-24)16-6-8-20-21(11-16)30-14-29-20)12-17-7-5-15(13-25-17)18-3-1-2-4-19(18)23(27)28/h1-8,11,13H,9-10,12,14H2,(H,27,28). The maximum absolute atomic E-state index is 13.1. The molecule has 1 aliphatic carbocycles. The van der Waals surface area contributed by atoms with Gasteiger partial charge in [0.2, 0.25) is 6.79 Å². The Kier molecular flexibility index (Phi) is 4.28. The predicted molar refractivity (Wildman–Crippen MR) is 109 cm³/mol. The van der Waals surface area contributed by atoms with Crippen molar-refractivity contribution in [1.82, 2.24) is 4.98 Å². The zero-order valence-electron chi connectivity index (χ0n) is 16.1. The topological polar surface area (TPSA) is 85.7 Å². The molecule has 0 bridgehead atoms. The third-order valence-corrected chi connectivity index (χ3v) is 5.84. The summed E-state index contributed by atoms with van der Waals surface area (Å²) in [6.45, 7) is 0.209. The van der Waals surface area contributed by atoms with Crippen LogP contribution >= 0.6 is 0 Å². The van der Waals surface area contributed by atoms with Gasteiger partial charge in [-0.1, -0.05) is 30.3 Å². The van der Waals surface area contributed by atoms with Crippen LogP contribution in [0.2, 0.25) is 0 Å². The molecule has 0 unspecified atom stereocenters. The molecule has 0 saturated heterocycles. The minimum atomic E-state index is -0.982. The lowest BCUT2D eigenvalue weighted by Crippen LogP contribution is -2.22. The summed E-state index contributed by atoms with van der Waals surface area (Å²) < 4.78 is 10.8. The first kappa shape index (κ1) is 18.4. The van der Waals surface area contributed by atoms with Crippen LogP contribution in [-0.2, 0) is 16.6 Å². The van der Waals surface area contributed by atoms with Crippen LogP contribution in [0.3, 0.4) is 0 Å². The van der Waals surface area contributed by atoms with E-state index in [4.69, 9.17) is 9.47 Å². The third-order valence-electron chi connectivity index (χ3n) is 5.84. The summed E-state index contributed by atoms with van der Waals surface area (Å²) in [5.74, 6) is 0.545. The van der Waals surface area contributed by atoms with Gasteiger partial charge < -0.3 is 14.6 Å². The first-order chi connectivity index (χ1) is 14.6. The second-order valence-corrected chi connectivity index (χ2v) is 7.64. The Balaban J connectivity index is 1.35. The largest absolute Gasteiger partial charge is 0.478 e. The number of carbonyl (C=O) groups is 2. The van der Waals surface area contributed by atoms with Crippen LogP contribution in [-0.4, -0.2) is 28.6 Å². The molecule has 2 heterocycles. The molecule has 6 heteroatoms. The van der Waals surface area contributed by atoms with Gasteiger partial charge in [0.15, 0.2) is 11.5 Å². The zero-order valence-corrected chi connectivity index (χ0v) is 16.1. The molecule has 6 nitrogen and oxygen atoms in total. The van der Waals surface area contributed by atoms with Crippen LogP contribution in [0.25, 0.3) is 11.1 Å². The molecule has 1 aliphatic heterocycles. The van der Waals surface area contributed by atoms with Gasteiger partial charge in [-0.05, 0) is 48.2 Å². The van der Waals surface area contributed by atoms with Crippen LogP contribution in [0.4, 0.5) is 0 Å². The van der Waals surface area contributed by atoms with Gasteiger partial charge in [-0.25, -0.2) is 4.79 Å². The number of fused-ring (bicyclic) bond motifs is 1. The summed E-state index contributed by atoms with van der Waals surface area (Å²) >= 11 is 0. The molecule has 0 atom stereocenters. The van der Waals surface area contributed by atoms with Crippen LogP contribution < -0.4 is 9.47 Å². The Morgan fingerprint density at radius 3 is 2.53 bits per heavy atom. The molecule has 1 aromatic heterocycles. The lowest BCUT2D eigenvalue weighted by molar-refractivity contribution is -0.120. The average Bonchev–Trinajstić information content (AvgIpc) is 3.45. The van der Waals surface area contributed by atoms with Crippen LogP contribution in [0, 0.1) is 0 Å². The molecule has 30 heavy (non-hydrogen) atoms. The van der Waals surface area contributed by atoms with Gasteiger partial charge in [0.05, 0.1) is 11.0 Å². The predicted octanol–water partition coefficient (Wildman–Crippen LogP) is 4.02. The normalized spacial score (nSPS) is 15.6. The lowest BCUT2D eigenvalue weighted by Gasteiger charge is -2.15. The molecule has 0 amide bonds. The zero-order chi connectivity index (χ0) is 20.7.